The lowest BCUT2D eigenvalue weighted by Crippen LogP contribution is -2.23. The first-order chi connectivity index (χ1) is 12.2. The fourth-order valence-corrected chi connectivity index (χ4v) is 3.59. The van der Waals surface area contributed by atoms with E-state index in [1.165, 1.54) is 24.1 Å². The summed E-state index contributed by atoms with van der Waals surface area (Å²) in [7, 11) is 2.00. The molecule has 1 saturated heterocycles. The molecule has 25 heavy (non-hydrogen) atoms. The van der Waals surface area contributed by atoms with Crippen LogP contribution in [0.5, 0.6) is 0 Å². The summed E-state index contributed by atoms with van der Waals surface area (Å²) >= 11 is 0. The van der Waals surface area contributed by atoms with E-state index in [2.05, 4.69) is 38.3 Å². The lowest BCUT2D eigenvalue weighted by Gasteiger charge is -2.23. The van der Waals surface area contributed by atoms with E-state index < -0.39 is 0 Å². The molecule has 0 radical (unpaired) electrons. The van der Waals surface area contributed by atoms with Crippen LogP contribution >= 0.6 is 0 Å². The van der Waals surface area contributed by atoms with Crippen molar-refractivity contribution in [3.63, 3.8) is 0 Å². The van der Waals surface area contributed by atoms with Crippen LogP contribution in [0.1, 0.15) is 41.4 Å². The third kappa shape index (κ3) is 3.32. The van der Waals surface area contributed by atoms with Gasteiger partial charge in [-0.3, -0.25) is 14.6 Å². The summed E-state index contributed by atoms with van der Waals surface area (Å²) < 4.78 is 3.84. The van der Waals surface area contributed by atoms with Gasteiger partial charge in [0.1, 0.15) is 0 Å². The molecule has 0 N–H and O–H groups in total. The SMILES string of the molecule is Cc1c(C2CCCN2Cc2cn(Cc3cccnc3)nn2)cnn1C. The molecule has 3 aromatic heterocycles. The van der Waals surface area contributed by atoms with E-state index in [1.807, 2.05) is 41.1 Å². The molecule has 1 atom stereocenters. The normalized spacial score (nSPS) is 18.1. The van der Waals surface area contributed by atoms with Crippen LogP contribution in [0.3, 0.4) is 0 Å². The van der Waals surface area contributed by atoms with Gasteiger partial charge < -0.3 is 0 Å². The van der Waals surface area contributed by atoms with Crippen molar-refractivity contribution in [2.24, 2.45) is 7.05 Å². The average molecular weight is 337 g/mol. The van der Waals surface area contributed by atoms with Gasteiger partial charge in [0.05, 0.1) is 24.6 Å². The van der Waals surface area contributed by atoms with Gasteiger partial charge in [0, 0.05) is 43.3 Å². The van der Waals surface area contributed by atoms with E-state index in [0.29, 0.717) is 12.6 Å². The minimum Gasteiger partial charge on any atom is -0.290 e. The maximum atomic E-state index is 4.41. The fraction of sp³-hybridized carbons (Fsp3) is 0.444. The van der Waals surface area contributed by atoms with E-state index in [1.54, 1.807) is 6.20 Å². The highest BCUT2D eigenvalue weighted by Crippen LogP contribution is 2.34. The first-order valence-corrected chi connectivity index (χ1v) is 8.71. The Morgan fingerprint density at radius 2 is 2.16 bits per heavy atom. The molecular formula is C18H23N7. The summed E-state index contributed by atoms with van der Waals surface area (Å²) in [6, 6.07) is 4.42. The Labute approximate surface area is 147 Å². The highest BCUT2D eigenvalue weighted by Gasteiger charge is 2.29. The molecule has 7 nitrogen and oxygen atoms in total. The molecule has 0 bridgehead atoms. The third-order valence-corrected chi connectivity index (χ3v) is 5.01. The number of nitrogens with zero attached hydrogens (tertiary/aromatic N) is 7. The Morgan fingerprint density at radius 1 is 1.24 bits per heavy atom. The number of likely N-dealkylation sites (tertiary alicyclic amines) is 1. The quantitative estimate of drug-likeness (QED) is 0.713. The summed E-state index contributed by atoms with van der Waals surface area (Å²) in [6.45, 7) is 4.76. The van der Waals surface area contributed by atoms with Gasteiger partial charge >= 0.3 is 0 Å². The molecule has 0 aliphatic carbocycles. The molecule has 130 valence electrons. The second-order valence-electron chi connectivity index (χ2n) is 6.71. The number of hydrogen-bond acceptors (Lipinski definition) is 5. The van der Waals surface area contributed by atoms with Crippen molar-refractivity contribution < 1.29 is 0 Å². The van der Waals surface area contributed by atoms with Gasteiger partial charge in [-0.25, -0.2) is 4.68 Å². The Balaban J connectivity index is 1.46. The zero-order valence-electron chi connectivity index (χ0n) is 14.7. The van der Waals surface area contributed by atoms with Gasteiger partial charge in [-0.1, -0.05) is 11.3 Å². The Hall–Kier alpha value is -2.54. The molecule has 1 fully saturated rings. The number of aromatic nitrogens is 6. The van der Waals surface area contributed by atoms with Crippen molar-refractivity contribution in [2.45, 2.75) is 38.9 Å². The minimum atomic E-state index is 0.428. The van der Waals surface area contributed by atoms with Crippen LogP contribution in [0.2, 0.25) is 0 Å². The standard InChI is InChI=1S/C18H23N7/c1-14-17(10-20-23(14)2)18-6-4-8-24(18)12-16-13-25(22-21-16)11-15-5-3-7-19-9-15/h3,5,7,9-10,13,18H,4,6,8,11-12H2,1-2H3. The van der Waals surface area contributed by atoms with Gasteiger partial charge in [-0.2, -0.15) is 5.10 Å². The Bertz CT molecular complexity index is 836. The molecule has 0 amide bonds. The summed E-state index contributed by atoms with van der Waals surface area (Å²) in [5, 5.41) is 13.0. The van der Waals surface area contributed by atoms with Gasteiger partial charge in [0.15, 0.2) is 0 Å². The molecule has 1 aliphatic heterocycles. The number of rotatable bonds is 5. The third-order valence-electron chi connectivity index (χ3n) is 5.01. The van der Waals surface area contributed by atoms with Crippen LogP contribution in [-0.2, 0) is 20.1 Å². The zero-order valence-corrected chi connectivity index (χ0v) is 14.7. The highest BCUT2D eigenvalue weighted by atomic mass is 15.4. The second kappa shape index (κ2) is 6.76. The van der Waals surface area contributed by atoms with Gasteiger partial charge in [-0.05, 0) is 37.9 Å². The number of aryl methyl sites for hydroxylation is 1. The van der Waals surface area contributed by atoms with E-state index in [4.69, 9.17) is 0 Å². The summed E-state index contributed by atoms with van der Waals surface area (Å²) in [5.41, 5.74) is 4.72. The van der Waals surface area contributed by atoms with E-state index in [-0.39, 0.29) is 0 Å². The second-order valence-corrected chi connectivity index (χ2v) is 6.71. The predicted octanol–water partition coefficient (Wildman–Crippen LogP) is 2.10. The van der Waals surface area contributed by atoms with Gasteiger partial charge in [-0.15, -0.1) is 5.10 Å². The maximum Gasteiger partial charge on any atom is 0.0967 e. The first kappa shape index (κ1) is 16.0. The van der Waals surface area contributed by atoms with Crippen LogP contribution in [0.15, 0.2) is 36.9 Å². The topological polar surface area (TPSA) is 64.7 Å². The lowest BCUT2D eigenvalue weighted by atomic mass is 10.1. The van der Waals surface area contributed by atoms with Crippen molar-refractivity contribution in [1.29, 1.82) is 0 Å². The van der Waals surface area contributed by atoms with Gasteiger partial charge in [0.25, 0.3) is 0 Å². The molecule has 1 unspecified atom stereocenters. The smallest absolute Gasteiger partial charge is 0.0967 e. The van der Waals surface area contributed by atoms with Crippen LogP contribution < -0.4 is 0 Å². The van der Waals surface area contributed by atoms with E-state index in [9.17, 15) is 0 Å². The van der Waals surface area contributed by atoms with Crippen molar-refractivity contribution in [1.82, 2.24) is 34.7 Å². The molecule has 0 saturated carbocycles. The Kier molecular flexibility index (Phi) is 4.31. The molecule has 0 aromatic carbocycles. The van der Waals surface area contributed by atoms with Crippen molar-refractivity contribution in [3.05, 3.63) is 59.4 Å². The molecule has 1 aliphatic rings. The Morgan fingerprint density at radius 3 is 2.92 bits per heavy atom. The first-order valence-electron chi connectivity index (χ1n) is 8.71. The van der Waals surface area contributed by atoms with Crippen LogP contribution in [0.25, 0.3) is 0 Å². The molecule has 0 spiro atoms. The maximum absolute atomic E-state index is 4.41. The monoisotopic (exact) mass is 337 g/mol. The molecule has 4 heterocycles. The summed E-state index contributed by atoms with van der Waals surface area (Å²) in [6.07, 6.45) is 10.1. The van der Waals surface area contributed by atoms with Crippen molar-refractivity contribution in [3.8, 4) is 0 Å². The zero-order chi connectivity index (χ0) is 17.2. The van der Waals surface area contributed by atoms with Crippen LogP contribution in [0, 0.1) is 6.92 Å². The van der Waals surface area contributed by atoms with E-state index in [0.717, 1.165) is 24.3 Å². The molecular weight excluding hydrogens is 314 g/mol. The molecule has 3 aromatic rings. The summed E-state index contributed by atoms with van der Waals surface area (Å²) in [4.78, 5) is 6.64. The average Bonchev–Trinajstić information content (AvgIpc) is 3.32. The van der Waals surface area contributed by atoms with Crippen molar-refractivity contribution in [2.75, 3.05) is 6.54 Å². The van der Waals surface area contributed by atoms with E-state index >= 15 is 0 Å². The predicted molar refractivity (Wildman–Crippen MR) is 93.7 cm³/mol. The van der Waals surface area contributed by atoms with Crippen molar-refractivity contribution >= 4 is 0 Å². The molecule has 4 rings (SSSR count). The molecule has 7 heteroatoms. The largest absolute Gasteiger partial charge is 0.290 e. The number of pyridine rings is 1. The van der Waals surface area contributed by atoms with Crippen LogP contribution in [0.4, 0.5) is 0 Å². The lowest BCUT2D eigenvalue weighted by molar-refractivity contribution is 0.244. The van der Waals surface area contributed by atoms with Crippen LogP contribution in [-0.4, -0.2) is 41.2 Å². The number of hydrogen-bond donors (Lipinski definition) is 0. The summed E-state index contributed by atoms with van der Waals surface area (Å²) in [5.74, 6) is 0. The fourth-order valence-electron chi connectivity index (χ4n) is 3.59. The highest BCUT2D eigenvalue weighted by molar-refractivity contribution is 5.22. The van der Waals surface area contributed by atoms with Gasteiger partial charge in [0.2, 0.25) is 0 Å². The minimum absolute atomic E-state index is 0.428.